The zero-order chi connectivity index (χ0) is 26.8. The number of hydrogen-bond acceptors (Lipinski definition) is 7. The highest BCUT2D eigenvalue weighted by atomic mass is 32.2. The Labute approximate surface area is 216 Å². The van der Waals surface area contributed by atoms with Gasteiger partial charge in [-0.1, -0.05) is 17.7 Å². The third kappa shape index (κ3) is 6.15. The zero-order valence-corrected chi connectivity index (χ0v) is 22.1. The van der Waals surface area contributed by atoms with Crippen LogP contribution in [0.1, 0.15) is 12.5 Å². The quantitative estimate of drug-likeness (QED) is 0.444. The SMILES string of the molecule is Cc1ccc(NS(=O)(=O)c2ccc(NC(=O)[C@H](C)N(c3ccc4c(c3)OCCO4)S(C)(=O)=O)cc2)cc1. The van der Waals surface area contributed by atoms with E-state index in [4.69, 9.17) is 9.47 Å². The number of nitrogens with one attached hydrogen (secondary N) is 2. The van der Waals surface area contributed by atoms with E-state index < -0.39 is 32.0 Å². The molecule has 3 aromatic rings. The van der Waals surface area contributed by atoms with Gasteiger partial charge in [-0.25, -0.2) is 16.8 Å². The van der Waals surface area contributed by atoms with Crippen LogP contribution in [0.3, 0.4) is 0 Å². The number of hydrogen-bond donors (Lipinski definition) is 2. The van der Waals surface area contributed by atoms with E-state index in [1.165, 1.54) is 37.3 Å². The van der Waals surface area contributed by atoms with Crippen LogP contribution >= 0.6 is 0 Å². The maximum Gasteiger partial charge on any atom is 0.261 e. The van der Waals surface area contributed by atoms with E-state index in [0.717, 1.165) is 16.1 Å². The van der Waals surface area contributed by atoms with E-state index in [1.54, 1.807) is 36.4 Å². The van der Waals surface area contributed by atoms with Gasteiger partial charge in [0, 0.05) is 17.4 Å². The molecule has 37 heavy (non-hydrogen) atoms. The first kappa shape index (κ1) is 26.3. The number of carbonyl (C=O) groups excluding carboxylic acids is 1. The van der Waals surface area contributed by atoms with Crippen LogP contribution in [0.15, 0.2) is 71.6 Å². The molecule has 1 aliphatic heterocycles. The Morgan fingerprint density at radius 2 is 1.46 bits per heavy atom. The molecule has 1 atom stereocenters. The van der Waals surface area contributed by atoms with Crippen LogP contribution < -0.4 is 23.8 Å². The lowest BCUT2D eigenvalue weighted by Crippen LogP contribution is -2.45. The largest absolute Gasteiger partial charge is 0.486 e. The fourth-order valence-corrected chi connectivity index (χ4v) is 6.00. The Hall–Kier alpha value is -3.77. The summed E-state index contributed by atoms with van der Waals surface area (Å²) in [7, 11) is -7.69. The third-order valence-electron chi connectivity index (χ3n) is 5.60. The minimum atomic E-state index is -3.85. The smallest absolute Gasteiger partial charge is 0.261 e. The maximum absolute atomic E-state index is 13.0. The predicted octanol–water partition coefficient (Wildman–Crippen LogP) is 3.36. The molecule has 0 unspecified atom stereocenters. The molecule has 0 aromatic heterocycles. The molecule has 10 nitrogen and oxygen atoms in total. The molecule has 0 bridgehead atoms. The number of fused-ring (bicyclic) bond motifs is 1. The molecule has 12 heteroatoms. The molecule has 0 saturated carbocycles. The summed E-state index contributed by atoms with van der Waals surface area (Å²) in [6, 6.07) is 16.0. The van der Waals surface area contributed by atoms with Crippen molar-refractivity contribution in [3.8, 4) is 11.5 Å². The number of amides is 1. The third-order valence-corrected chi connectivity index (χ3v) is 8.24. The number of sulfonamides is 2. The van der Waals surface area contributed by atoms with Gasteiger partial charge in [-0.3, -0.25) is 13.8 Å². The van der Waals surface area contributed by atoms with Crippen LogP contribution in [-0.2, 0) is 24.8 Å². The molecule has 0 aliphatic carbocycles. The average molecular weight is 546 g/mol. The highest BCUT2D eigenvalue weighted by Gasteiger charge is 2.30. The van der Waals surface area contributed by atoms with Gasteiger partial charge in [-0.15, -0.1) is 0 Å². The van der Waals surface area contributed by atoms with Crippen LogP contribution in [-0.4, -0.2) is 48.3 Å². The fourth-order valence-electron chi connectivity index (χ4n) is 3.78. The molecule has 3 aromatic carbocycles. The monoisotopic (exact) mass is 545 g/mol. The van der Waals surface area contributed by atoms with Crippen LogP contribution in [0.4, 0.5) is 17.1 Å². The Morgan fingerprint density at radius 1 is 0.865 bits per heavy atom. The summed E-state index contributed by atoms with van der Waals surface area (Å²) < 4.78 is 65.2. The van der Waals surface area contributed by atoms with Crippen molar-refractivity contribution in [3.05, 3.63) is 72.3 Å². The predicted molar refractivity (Wildman–Crippen MR) is 141 cm³/mol. The molecule has 0 fully saturated rings. The molecular formula is C25H27N3O7S2. The van der Waals surface area contributed by atoms with Crippen molar-refractivity contribution in [1.82, 2.24) is 0 Å². The molecule has 0 radical (unpaired) electrons. The summed E-state index contributed by atoms with van der Waals surface area (Å²) in [5.74, 6) is 0.280. The molecule has 196 valence electrons. The number of rotatable bonds is 8. The molecule has 2 N–H and O–H groups in total. The lowest BCUT2D eigenvalue weighted by molar-refractivity contribution is -0.116. The summed E-state index contributed by atoms with van der Waals surface area (Å²) in [6.07, 6.45) is 1.01. The van der Waals surface area contributed by atoms with Crippen LogP contribution in [0, 0.1) is 6.92 Å². The Balaban J connectivity index is 1.49. The van der Waals surface area contributed by atoms with E-state index in [0.29, 0.717) is 36.1 Å². The maximum atomic E-state index is 13.0. The van der Waals surface area contributed by atoms with Crippen molar-refractivity contribution < 1.29 is 31.1 Å². The van der Waals surface area contributed by atoms with Gasteiger partial charge >= 0.3 is 0 Å². The van der Waals surface area contributed by atoms with Crippen molar-refractivity contribution in [2.75, 3.05) is 33.8 Å². The topological polar surface area (TPSA) is 131 Å². The average Bonchev–Trinajstić information content (AvgIpc) is 2.85. The molecule has 1 heterocycles. The zero-order valence-electron chi connectivity index (χ0n) is 20.5. The number of aryl methyl sites for hydroxylation is 1. The Morgan fingerprint density at radius 3 is 2.08 bits per heavy atom. The molecule has 0 spiro atoms. The summed E-state index contributed by atoms with van der Waals surface area (Å²) >= 11 is 0. The second-order valence-corrected chi connectivity index (χ2v) is 12.1. The highest BCUT2D eigenvalue weighted by molar-refractivity contribution is 7.92. The molecule has 4 rings (SSSR count). The second-order valence-electron chi connectivity index (χ2n) is 8.55. The van der Waals surface area contributed by atoms with Crippen molar-refractivity contribution in [2.45, 2.75) is 24.8 Å². The fraction of sp³-hybridized carbons (Fsp3) is 0.240. The number of carbonyl (C=O) groups is 1. The number of ether oxygens (including phenoxy) is 2. The standard InChI is InChI=1S/C25H27N3O7S2/c1-17-4-6-20(7-5-17)27-37(32,33)22-11-8-19(9-12-22)26-25(29)18(2)28(36(3,30)31)21-10-13-23-24(16-21)35-15-14-34-23/h4-13,16,18,27H,14-15H2,1-3H3,(H,26,29)/t18-/m0/s1. The van der Waals surface area contributed by atoms with Gasteiger partial charge in [0.1, 0.15) is 19.3 Å². The first-order valence-corrected chi connectivity index (χ1v) is 14.7. The van der Waals surface area contributed by atoms with Crippen molar-refractivity contribution in [3.63, 3.8) is 0 Å². The lowest BCUT2D eigenvalue weighted by atomic mass is 10.2. The summed E-state index contributed by atoms with van der Waals surface area (Å²) in [5, 5.41) is 2.64. The Kier molecular flexibility index (Phi) is 7.32. The van der Waals surface area contributed by atoms with Gasteiger partial charge in [-0.05, 0) is 62.4 Å². The van der Waals surface area contributed by atoms with E-state index in [9.17, 15) is 21.6 Å². The minimum absolute atomic E-state index is 0.00756. The van der Waals surface area contributed by atoms with Crippen molar-refractivity contribution in [2.24, 2.45) is 0 Å². The summed E-state index contributed by atoms with van der Waals surface area (Å²) in [5.41, 5.74) is 1.98. The normalized spacial score (nSPS) is 13.9. The molecule has 1 amide bonds. The van der Waals surface area contributed by atoms with Gasteiger partial charge < -0.3 is 14.8 Å². The summed E-state index contributed by atoms with van der Waals surface area (Å²) in [6.45, 7) is 4.08. The first-order chi connectivity index (χ1) is 17.4. The van der Waals surface area contributed by atoms with E-state index in [-0.39, 0.29) is 10.6 Å². The molecule has 1 aliphatic rings. The summed E-state index contributed by atoms with van der Waals surface area (Å²) in [4.78, 5) is 13.0. The number of anilines is 3. The number of nitrogens with zero attached hydrogens (tertiary/aromatic N) is 1. The van der Waals surface area contributed by atoms with E-state index in [1.807, 2.05) is 6.92 Å². The van der Waals surface area contributed by atoms with Gasteiger partial charge in [0.25, 0.3) is 10.0 Å². The molecular weight excluding hydrogens is 518 g/mol. The lowest BCUT2D eigenvalue weighted by Gasteiger charge is -2.29. The van der Waals surface area contributed by atoms with Gasteiger partial charge in [0.15, 0.2) is 11.5 Å². The van der Waals surface area contributed by atoms with E-state index >= 15 is 0 Å². The van der Waals surface area contributed by atoms with Crippen molar-refractivity contribution in [1.29, 1.82) is 0 Å². The van der Waals surface area contributed by atoms with Crippen molar-refractivity contribution >= 4 is 43.0 Å². The van der Waals surface area contributed by atoms with Crippen LogP contribution in [0.25, 0.3) is 0 Å². The highest BCUT2D eigenvalue weighted by Crippen LogP contribution is 2.35. The van der Waals surface area contributed by atoms with Gasteiger partial charge in [0.05, 0.1) is 16.8 Å². The van der Waals surface area contributed by atoms with Crippen LogP contribution in [0.5, 0.6) is 11.5 Å². The Bertz CT molecular complexity index is 1500. The minimum Gasteiger partial charge on any atom is -0.486 e. The number of benzene rings is 3. The van der Waals surface area contributed by atoms with Gasteiger partial charge in [0.2, 0.25) is 15.9 Å². The van der Waals surface area contributed by atoms with Gasteiger partial charge in [-0.2, -0.15) is 0 Å². The first-order valence-electron chi connectivity index (χ1n) is 11.3. The second kappa shape index (κ2) is 10.3. The van der Waals surface area contributed by atoms with Crippen LogP contribution in [0.2, 0.25) is 0 Å². The molecule has 0 saturated heterocycles. The van der Waals surface area contributed by atoms with E-state index in [2.05, 4.69) is 10.0 Å².